The molecule has 0 saturated carbocycles. The van der Waals surface area contributed by atoms with Gasteiger partial charge < -0.3 is 20.1 Å². The summed E-state index contributed by atoms with van der Waals surface area (Å²) < 4.78 is 25.5. The van der Waals surface area contributed by atoms with Gasteiger partial charge in [0.2, 0.25) is 0 Å². The summed E-state index contributed by atoms with van der Waals surface area (Å²) in [4.78, 5) is 24.7. The lowest BCUT2D eigenvalue weighted by Gasteiger charge is -2.12. The van der Waals surface area contributed by atoms with Crippen LogP contribution < -0.4 is 10.6 Å². The maximum Gasteiger partial charge on any atom is 0.348 e. The van der Waals surface area contributed by atoms with Crippen molar-refractivity contribution in [2.75, 3.05) is 24.9 Å². The number of thiophene rings is 1. The van der Waals surface area contributed by atoms with Crippen LogP contribution in [0.15, 0.2) is 18.2 Å². The van der Waals surface area contributed by atoms with E-state index >= 15 is 0 Å². The van der Waals surface area contributed by atoms with E-state index in [0.29, 0.717) is 38.2 Å². The minimum atomic E-state index is -0.615. The van der Waals surface area contributed by atoms with Gasteiger partial charge >= 0.3 is 11.9 Å². The van der Waals surface area contributed by atoms with E-state index in [0.717, 1.165) is 11.3 Å². The predicted octanol–water partition coefficient (Wildman–Crippen LogP) is 5.09. The second-order valence-electron chi connectivity index (χ2n) is 7.23. The minimum Gasteiger partial charge on any atom is -0.465 e. The average Bonchev–Trinajstić information content (AvgIpc) is 3.25. The molecule has 8 nitrogen and oxygen atoms in total. The van der Waals surface area contributed by atoms with Gasteiger partial charge in [0.1, 0.15) is 15.7 Å². The molecule has 2 N–H and O–H groups in total. The summed E-state index contributed by atoms with van der Waals surface area (Å²) >= 11 is 12.6. The lowest BCUT2D eigenvalue weighted by Crippen LogP contribution is -2.21. The van der Waals surface area contributed by atoms with Gasteiger partial charge in [0, 0.05) is 10.6 Å². The Morgan fingerprint density at radius 2 is 1.85 bits per heavy atom. The molecule has 0 aliphatic carbocycles. The van der Waals surface area contributed by atoms with Gasteiger partial charge in [-0.3, -0.25) is 4.68 Å². The number of rotatable bonds is 6. The Morgan fingerprint density at radius 3 is 2.47 bits per heavy atom. The number of carbonyl (C=O) groups excluding carboxylic acids is 2. The van der Waals surface area contributed by atoms with E-state index in [-0.39, 0.29) is 22.1 Å². The van der Waals surface area contributed by atoms with Crippen LogP contribution in [-0.2, 0) is 16.0 Å². The largest absolute Gasteiger partial charge is 0.465 e. The topological polar surface area (TPSA) is 94.5 Å². The molecule has 0 unspecified atom stereocenters. The smallest absolute Gasteiger partial charge is 0.348 e. The average molecular weight is 525 g/mol. The molecule has 0 aliphatic heterocycles. The van der Waals surface area contributed by atoms with Crippen LogP contribution in [0.1, 0.15) is 42.5 Å². The van der Waals surface area contributed by atoms with Crippen molar-refractivity contribution in [2.24, 2.45) is 0 Å². The first-order valence-corrected chi connectivity index (χ1v) is 11.5. The van der Waals surface area contributed by atoms with Gasteiger partial charge in [-0.25, -0.2) is 14.0 Å². The highest BCUT2D eigenvalue weighted by Gasteiger charge is 2.26. The Morgan fingerprint density at radius 1 is 1.18 bits per heavy atom. The Hall–Kier alpha value is -3.02. The number of ether oxygens (including phenoxy) is 2. The number of aromatic nitrogens is 2. The van der Waals surface area contributed by atoms with Crippen molar-refractivity contribution < 1.29 is 23.5 Å². The number of carbonyl (C=O) groups is 2. The van der Waals surface area contributed by atoms with E-state index < -0.39 is 17.8 Å². The Kier molecular flexibility index (Phi) is 7.90. The molecule has 1 aromatic carbocycles. The monoisotopic (exact) mass is 524 g/mol. The van der Waals surface area contributed by atoms with Gasteiger partial charge in [0.15, 0.2) is 5.11 Å². The standard InChI is InChI=1S/C22H22ClFN4O4S2/c1-10-16(20(29)31-4)19(34-18(10)21(30)32-5)26-22(33)25-17-11(2)27-28(12(17)3)9-13-14(23)7-6-8-15(13)24/h6-8H,9H2,1-5H3,(H2,25,26,33). The van der Waals surface area contributed by atoms with E-state index in [4.69, 9.17) is 33.3 Å². The van der Waals surface area contributed by atoms with Crippen LogP contribution >= 0.6 is 35.2 Å². The molecule has 0 atom stereocenters. The molecular formula is C22H22ClFN4O4S2. The highest BCUT2D eigenvalue weighted by Crippen LogP contribution is 2.34. The molecule has 3 aromatic rings. The molecule has 0 spiro atoms. The normalized spacial score (nSPS) is 10.7. The van der Waals surface area contributed by atoms with Crippen LogP contribution in [0, 0.1) is 26.6 Å². The first-order valence-electron chi connectivity index (χ1n) is 9.93. The summed E-state index contributed by atoms with van der Waals surface area (Å²) in [5, 5.41) is 11.3. The van der Waals surface area contributed by atoms with Crippen LogP contribution in [-0.4, -0.2) is 41.1 Å². The van der Waals surface area contributed by atoms with Gasteiger partial charge in [0.25, 0.3) is 0 Å². The molecule has 3 rings (SSSR count). The van der Waals surface area contributed by atoms with Gasteiger partial charge in [-0.1, -0.05) is 17.7 Å². The molecule has 34 heavy (non-hydrogen) atoms. The number of aryl methyl sites for hydroxylation is 1. The van der Waals surface area contributed by atoms with Crippen LogP contribution in [0.4, 0.5) is 15.1 Å². The molecule has 0 aliphatic rings. The second kappa shape index (κ2) is 10.5. The van der Waals surface area contributed by atoms with Crippen LogP contribution in [0.25, 0.3) is 0 Å². The number of esters is 2. The summed E-state index contributed by atoms with van der Waals surface area (Å²) in [7, 11) is 2.51. The fourth-order valence-electron chi connectivity index (χ4n) is 3.35. The highest BCUT2D eigenvalue weighted by atomic mass is 35.5. The summed E-state index contributed by atoms with van der Waals surface area (Å²) in [5.74, 6) is -1.60. The van der Waals surface area contributed by atoms with E-state index in [9.17, 15) is 14.0 Å². The zero-order valence-corrected chi connectivity index (χ0v) is 21.4. The molecule has 180 valence electrons. The van der Waals surface area contributed by atoms with Crippen molar-refractivity contribution in [1.29, 1.82) is 0 Å². The zero-order chi connectivity index (χ0) is 25.2. The van der Waals surface area contributed by atoms with E-state index in [2.05, 4.69) is 15.7 Å². The van der Waals surface area contributed by atoms with Crippen molar-refractivity contribution in [3.05, 3.63) is 62.0 Å². The summed E-state index contributed by atoms with van der Waals surface area (Å²) in [6, 6.07) is 4.50. The molecule has 0 radical (unpaired) electrons. The fraction of sp³-hybridized carbons (Fsp3) is 0.273. The lowest BCUT2D eigenvalue weighted by molar-refractivity contribution is 0.0601. The van der Waals surface area contributed by atoms with Gasteiger partial charge in [0.05, 0.1) is 43.4 Å². The molecule has 0 bridgehead atoms. The first-order chi connectivity index (χ1) is 16.1. The molecule has 0 fully saturated rings. The molecule has 0 amide bonds. The van der Waals surface area contributed by atoms with Crippen molar-refractivity contribution in [2.45, 2.75) is 27.3 Å². The van der Waals surface area contributed by atoms with Gasteiger partial charge in [-0.15, -0.1) is 11.3 Å². The molecule has 0 saturated heterocycles. The number of hydrogen-bond donors (Lipinski definition) is 2. The minimum absolute atomic E-state index is 0.138. The molecule has 2 heterocycles. The second-order valence-corrected chi connectivity index (χ2v) is 9.06. The third-order valence-corrected chi connectivity index (χ3v) is 6.87. The lowest BCUT2D eigenvalue weighted by atomic mass is 10.1. The maximum absolute atomic E-state index is 14.2. The molecule has 2 aromatic heterocycles. The summed E-state index contributed by atoms with van der Waals surface area (Å²) in [5.41, 5.74) is 2.89. The molecular weight excluding hydrogens is 503 g/mol. The predicted molar refractivity (Wildman–Crippen MR) is 134 cm³/mol. The third kappa shape index (κ3) is 5.06. The van der Waals surface area contributed by atoms with E-state index in [1.807, 2.05) is 6.92 Å². The first kappa shape index (κ1) is 25.6. The number of hydrogen-bond acceptors (Lipinski definition) is 7. The van der Waals surface area contributed by atoms with E-state index in [1.165, 1.54) is 20.3 Å². The Labute approximate surface area is 210 Å². The van der Waals surface area contributed by atoms with Crippen LogP contribution in [0.5, 0.6) is 0 Å². The Bertz CT molecular complexity index is 1270. The SMILES string of the molecule is COC(=O)c1sc(NC(=S)Nc2c(C)nn(Cc3c(F)cccc3Cl)c2C)c(C(=O)OC)c1C. The van der Waals surface area contributed by atoms with Crippen LogP contribution in [0.3, 0.4) is 0 Å². The van der Waals surface area contributed by atoms with Gasteiger partial charge in [-0.2, -0.15) is 5.10 Å². The Balaban J connectivity index is 1.86. The number of nitrogens with zero attached hydrogens (tertiary/aromatic N) is 2. The highest BCUT2D eigenvalue weighted by molar-refractivity contribution is 7.80. The number of halogens is 2. The van der Waals surface area contributed by atoms with Crippen molar-refractivity contribution in [3.8, 4) is 0 Å². The molecule has 12 heteroatoms. The van der Waals surface area contributed by atoms with Gasteiger partial charge in [-0.05, 0) is 50.7 Å². The summed E-state index contributed by atoms with van der Waals surface area (Å²) in [6.45, 7) is 5.36. The third-order valence-electron chi connectivity index (χ3n) is 5.12. The number of thiocarbonyl (C=S) groups is 1. The van der Waals surface area contributed by atoms with E-state index in [1.54, 1.807) is 30.7 Å². The number of benzene rings is 1. The number of nitrogens with one attached hydrogen (secondary N) is 2. The van der Waals surface area contributed by atoms with Crippen molar-refractivity contribution >= 4 is 62.9 Å². The van der Waals surface area contributed by atoms with Crippen molar-refractivity contribution in [1.82, 2.24) is 9.78 Å². The quantitative estimate of drug-likeness (QED) is 0.340. The number of anilines is 2. The number of methoxy groups -OCH3 is 2. The summed E-state index contributed by atoms with van der Waals surface area (Å²) in [6.07, 6.45) is 0. The maximum atomic E-state index is 14.2. The zero-order valence-electron chi connectivity index (χ0n) is 19.0. The van der Waals surface area contributed by atoms with Crippen LogP contribution in [0.2, 0.25) is 5.02 Å². The fourth-order valence-corrected chi connectivity index (χ4v) is 4.96. The van der Waals surface area contributed by atoms with Crippen molar-refractivity contribution in [3.63, 3.8) is 0 Å².